The molecule has 10 heteroatoms. The van der Waals surface area contributed by atoms with Gasteiger partial charge in [-0.2, -0.15) is 0 Å². The van der Waals surface area contributed by atoms with Gasteiger partial charge in [-0.25, -0.2) is 4.98 Å². The molecule has 4 N–H and O–H groups in total. The Morgan fingerprint density at radius 1 is 1.00 bits per heavy atom. The van der Waals surface area contributed by atoms with Crippen LogP contribution in [-0.4, -0.2) is 34.6 Å². The Labute approximate surface area is 220 Å². The second kappa shape index (κ2) is 11.7. The Morgan fingerprint density at radius 3 is 2.42 bits per heavy atom. The van der Waals surface area contributed by atoms with E-state index in [2.05, 4.69) is 20.9 Å². The summed E-state index contributed by atoms with van der Waals surface area (Å²) in [5, 5.41) is 17.8. The Morgan fingerprint density at radius 2 is 1.76 bits per heavy atom. The van der Waals surface area contributed by atoms with Crippen molar-refractivity contribution in [2.45, 2.75) is 39.0 Å². The molecule has 0 aliphatic heterocycles. The van der Waals surface area contributed by atoms with E-state index in [0.29, 0.717) is 41.5 Å². The minimum atomic E-state index is -0.782. The number of aliphatic hydroxyl groups is 1. The van der Waals surface area contributed by atoms with E-state index in [-0.39, 0.29) is 6.61 Å². The highest BCUT2D eigenvalue weighted by atomic mass is 16.5. The number of methoxy groups -OCH3 is 1. The molecule has 4 aromatic rings. The van der Waals surface area contributed by atoms with Crippen molar-refractivity contribution in [1.82, 2.24) is 10.3 Å². The summed E-state index contributed by atoms with van der Waals surface area (Å²) in [7, 11) is 1.51. The van der Waals surface area contributed by atoms with Gasteiger partial charge < -0.3 is 34.6 Å². The number of benzene rings is 2. The average Bonchev–Trinajstić information content (AvgIpc) is 3.60. The van der Waals surface area contributed by atoms with Crippen molar-refractivity contribution in [3.63, 3.8) is 0 Å². The molecule has 2 aromatic carbocycles. The first-order valence-electron chi connectivity index (χ1n) is 12.0. The topological polar surface area (TPSA) is 139 Å². The van der Waals surface area contributed by atoms with E-state index in [4.69, 9.17) is 18.7 Å². The van der Waals surface area contributed by atoms with E-state index >= 15 is 0 Å². The molecule has 0 aliphatic carbocycles. The van der Waals surface area contributed by atoms with Gasteiger partial charge in [0.1, 0.15) is 18.1 Å². The zero-order chi connectivity index (χ0) is 27.1. The zero-order valence-electron chi connectivity index (χ0n) is 21.4. The summed E-state index contributed by atoms with van der Waals surface area (Å²) in [5.41, 5.74) is 3.27. The molecule has 0 fully saturated rings. The van der Waals surface area contributed by atoms with Crippen LogP contribution in [0.2, 0.25) is 0 Å². The maximum atomic E-state index is 12.6. The Balaban J connectivity index is 1.30. The fourth-order valence-corrected chi connectivity index (χ4v) is 3.97. The quantitative estimate of drug-likeness (QED) is 0.230. The van der Waals surface area contributed by atoms with Crippen molar-refractivity contribution in [2.24, 2.45) is 0 Å². The number of carbonyl (C=O) groups is 2. The number of hydrogen-bond acceptors (Lipinski definition) is 8. The normalized spacial score (nSPS) is 11.2. The average molecular weight is 519 g/mol. The molecule has 0 saturated heterocycles. The second-order valence-corrected chi connectivity index (χ2v) is 9.38. The van der Waals surface area contributed by atoms with E-state index in [0.717, 1.165) is 16.8 Å². The number of rotatable bonds is 10. The first kappa shape index (κ1) is 26.5. The number of hydrogen-bond donors (Lipinski definition) is 4. The highest BCUT2D eigenvalue weighted by Crippen LogP contribution is 2.32. The molecule has 0 spiro atoms. The smallest absolute Gasteiger partial charge is 0.313 e. The number of nitrogens with one attached hydrogen (secondary N) is 3. The number of aliphatic hydroxyl groups excluding tert-OH is 1. The predicted molar refractivity (Wildman–Crippen MR) is 141 cm³/mol. The largest absolute Gasteiger partial charge is 0.496 e. The molecule has 0 unspecified atom stereocenters. The van der Waals surface area contributed by atoms with Gasteiger partial charge in [-0.15, -0.1) is 0 Å². The minimum Gasteiger partial charge on any atom is -0.496 e. The number of nitrogens with zero attached hydrogens (tertiary/aromatic N) is 1. The number of amides is 2. The molecule has 0 bridgehead atoms. The third-order valence-corrected chi connectivity index (χ3v) is 5.78. The summed E-state index contributed by atoms with van der Waals surface area (Å²) in [6.45, 7) is 4.15. The lowest BCUT2D eigenvalue weighted by molar-refractivity contribution is -0.137. The number of anilines is 2. The molecular formula is C28H30N4O6. The zero-order valence-corrected chi connectivity index (χ0v) is 21.4. The van der Waals surface area contributed by atoms with Crippen molar-refractivity contribution in [2.75, 3.05) is 17.7 Å². The molecule has 198 valence electrons. The molecule has 0 radical (unpaired) electrons. The number of aromatic nitrogens is 1. The van der Waals surface area contributed by atoms with Gasteiger partial charge in [-0.1, -0.05) is 12.1 Å². The Kier molecular flexibility index (Phi) is 8.12. The van der Waals surface area contributed by atoms with Crippen LogP contribution in [0.4, 0.5) is 11.4 Å². The third-order valence-electron chi connectivity index (χ3n) is 5.78. The molecule has 2 amide bonds. The van der Waals surface area contributed by atoms with Gasteiger partial charge in [0.05, 0.1) is 25.1 Å². The van der Waals surface area contributed by atoms with Crippen LogP contribution in [0.3, 0.4) is 0 Å². The number of furan rings is 1. The van der Waals surface area contributed by atoms with Crippen LogP contribution in [-0.2, 0) is 29.2 Å². The molecule has 38 heavy (non-hydrogen) atoms. The van der Waals surface area contributed by atoms with Crippen molar-refractivity contribution in [3.8, 4) is 17.1 Å². The van der Waals surface area contributed by atoms with Crippen LogP contribution in [0.25, 0.3) is 11.3 Å². The molecule has 10 nitrogen and oxygen atoms in total. The van der Waals surface area contributed by atoms with Gasteiger partial charge in [-0.3, -0.25) is 9.59 Å². The number of ether oxygens (including phenoxy) is 1. The number of oxazole rings is 1. The van der Waals surface area contributed by atoms with Gasteiger partial charge >= 0.3 is 11.8 Å². The van der Waals surface area contributed by atoms with Crippen LogP contribution < -0.4 is 20.7 Å². The molecular weight excluding hydrogens is 488 g/mol. The highest BCUT2D eigenvalue weighted by Gasteiger charge is 2.25. The maximum absolute atomic E-state index is 12.6. The summed E-state index contributed by atoms with van der Waals surface area (Å²) in [4.78, 5) is 29.1. The number of carbonyl (C=O) groups excluding carboxylic acids is 2. The molecule has 0 atom stereocenters. The lowest BCUT2D eigenvalue weighted by atomic mass is 9.94. The van der Waals surface area contributed by atoms with Gasteiger partial charge in [0.2, 0.25) is 0 Å². The summed E-state index contributed by atoms with van der Waals surface area (Å²) in [6, 6.07) is 14.6. The first-order valence-corrected chi connectivity index (χ1v) is 12.0. The monoisotopic (exact) mass is 518 g/mol. The van der Waals surface area contributed by atoms with Crippen LogP contribution in [0.15, 0.2) is 76.2 Å². The third kappa shape index (κ3) is 6.80. The summed E-state index contributed by atoms with van der Waals surface area (Å²) in [5.74, 6) is -0.00396. The molecule has 0 saturated carbocycles. The molecule has 2 aromatic heterocycles. The van der Waals surface area contributed by atoms with Gasteiger partial charge in [0.15, 0.2) is 12.2 Å². The first-order chi connectivity index (χ1) is 18.3. The lowest BCUT2D eigenvalue weighted by Crippen LogP contribution is -2.49. The van der Waals surface area contributed by atoms with Crippen molar-refractivity contribution in [1.29, 1.82) is 0 Å². The summed E-state index contributed by atoms with van der Waals surface area (Å²) < 4.78 is 15.9. The van der Waals surface area contributed by atoms with Crippen LogP contribution in [0, 0.1) is 0 Å². The minimum absolute atomic E-state index is 0.130. The Bertz CT molecular complexity index is 1380. The van der Waals surface area contributed by atoms with Gasteiger partial charge in [0.25, 0.3) is 0 Å². The van der Waals surface area contributed by atoms with Crippen LogP contribution in [0.1, 0.15) is 30.7 Å². The predicted octanol–water partition coefficient (Wildman–Crippen LogP) is 4.12. The van der Waals surface area contributed by atoms with Crippen molar-refractivity contribution >= 4 is 23.2 Å². The standard InChI is InChI=1S/C28H30N4O6/c1-28(2,12-18-4-6-20(7-5-18)30-13-19-10-22(15-33)37-16-19)32-27(35)26(34)31-21-8-9-23(24(11-21)36-3)25-14-29-17-38-25/h4-11,14,16-17,30,33H,12-13,15H2,1-3H3,(H,31,34)(H,32,35). The van der Waals surface area contributed by atoms with Gasteiger partial charge in [0, 0.05) is 35.1 Å². The molecule has 4 rings (SSSR count). The summed E-state index contributed by atoms with van der Waals surface area (Å²) >= 11 is 0. The summed E-state index contributed by atoms with van der Waals surface area (Å²) in [6.07, 6.45) is 5.01. The van der Waals surface area contributed by atoms with E-state index < -0.39 is 17.4 Å². The van der Waals surface area contributed by atoms with E-state index in [1.54, 1.807) is 36.7 Å². The fourth-order valence-electron chi connectivity index (χ4n) is 3.97. The van der Waals surface area contributed by atoms with Crippen LogP contribution >= 0.6 is 0 Å². The molecule has 0 aliphatic rings. The lowest BCUT2D eigenvalue weighted by Gasteiger charge is -2.26. The molecule has 2 heterocycles. The SMILES string of the molecule is COc1cc(NC(=O)C(=O)NC(C)(C)Cc2ccc(NCc3coc(CO)c3)cc2)ccc1-c1cnco1. The van der Waals surface area contributed by atoms with Crippen molar-refractivity contribution < 1.29 is 28.3 Å². The fraction of sp³-hybridized carbons (Fsp3) is 0.250. The van der Waals surface area contributed by atoms with E-state index in [1.807, 2.05) is 38.1 Å². The highest BCUT2D eigenvalue weighted by molar-refractivity contribution is 6.39. The maximum Gasteiger partial charge on any atom is 0.313 e. The van der Waals surface area contributed by atoms with Crippen molar-refractivity contribution in [3.05, 3.63) is 84.3 Å². The van der Waals surface area contributed by atoms with Crippen LogP contribution in [0.5, 0.6) is 5.75 Å². The van der Waals surface area contributed by atoms with E-state index in [1.165, 1.54) is 13.5 Å². The Hall–Kier alpha value is -4.57. The van der Waals surface area contributed by atoms with Gasteiger partial charge in [-0.05, 0) is 56.2 Å². The second-order valence-electron chi connectivity index (χ2n) is 9.38. The van der Waals surface area contributed by atoms with E-state index in [9.17, 15) is 9.59 Å².